The molecule has 4 N–H and O–H groups in total. The maximum Gasteiger partial charge on any atom is 0.244 e. The van der Waals surface area contributed by atoms with E-state index in [4.69, 9.17) is 9.47 Å². The zero-order chi connectivity index (χ0) is 27.4. The first kappa shape index (κ1) is 26.3. The van der Waals surface area contributed by atoms with Crippen LogP contribution in [-0.2, 0) is 16.1 Å². The topological polar surface area (TPSA) is 144 Å². The number of benzene rings is 2. The molecule has 1 aliphatic rings. The van der Waals surface area contributed by atoms with E-state index in [9.17, 15) is 15.0 Å². The van der Waals surface area contributed by atoms with Crippen molar-refractivity contribution in [1.82, 2.24) is 24.8 Å². The molecular formula is C28H30N6O5. The van der Waals surface area contributed by atoms with Gasteiger partial charge >= 0.3 is 0 Å². The van der Waals surface area contributed by atoms with Gasteiger partial charge in [-0.2, -0.15) is 0 Å². The van der Waals surface area contributed by atoms with Crippen LogP contribution in [0.1, 0.15) is 25.6 Å². The minimum absolute atomic E-state index is 0.0426. The van der Waals surface area contributed by atoms with Crippen molar-refractivity contribution in [3.8, 4) is 11.5 Å². The SMILES string of the molecule is CC(C)=CC(=O)NC[C@H]1O[C@@H](n2cnc3c(NCc4ccc(Oc5ccccc5)cc4)ncnc32)[C@H](O)[C@@H]1O. The van der Waals surface area contributed by atoms with Gasteiger partial charge in [-0.3, -0.25) is 9.36 Å². The minimum Gasteiger partial charge on any atom is -0.457 e. The normalized spacial score (nSPS) is 20.5. The third-order valence-electron chi connectivity index (χ3n) is 6.23. The Morgan fingerprint density at radius 2 is 1.77 bits per heavy atom. The zero-order valence-corrected chi connectivity index (χ0v) is 21.6. The maximum absolute atomic E-state index is 11.9. The Kier molecular flexibility index (Phi) is 7.82. The zero-order valence-electron chi connectivity index (χ0n) is 21.6. The van der Waals surface area contributed by atoms with Crippen LogP contribution in [-0.4, -0.2) is 60.5 Å². The monoisotopic (exact) mass is 530 g/mol. The molecule has 2 aromatic heterocycles. The molecule has 0 saturated carbocycles. The van der Waals surface area contributed by atoms with E-state index < -0.39 is 24.5 Å². The summed E-state index contributed by atoms with van der Waals surface area (Å²) >= 11 is 0. The standard InChI is InChI=1S/C28H30N6O5/c1-17(2)12-22(35)29-14-21-24(36)25(37)28(39-21)34-16-33-23-26(31-15-32-27(23)34)30-13-18-8-10-20(11-9-18)38-19-6-4-3-5-7-19/h3-12,15-16,21,24-25,28,36-37H,13-14H2,1-2H3,(H,29,35)(H,30,31,32)/t21-,24-,25-,28-/m1/s1. The Bertz CT molecular complexity index is 1450. The highest BCUT2D eigenvalue weighted by Gasteiger charge is 2.44. The van der Waals surface area contributed by atoms with E-state index in [0.29, 0.717) is 23.5 Å². The Labute approximate surface area is 225 Å². The van der Waals surface area contributed by atoms with Gasteiger partial charge in [-0.25, -0.2) is 15.0 Å². The molecule has 202 valence electrons. The summed E-state index contributed by atoms with van der Waals surface area (Å²) in [5.74, 6) is 1.73. The number of para-hydroxylation sites is 1. The number of fused-ring (bicyclic) bond motifs is 1. The van der Waals surface area contributed by atoms with E-state index in [1.165, 1.54) is 18.7 Å². The summed E-state index contributed by atoms with van der Waals surface area (Å²) < 4.78 is 13.3. The van der Waals surface area contributed by atoms with Crippen molar-refractivity contribution in [1.29, 1.82) is 0 Å². The Morgan fingerprint density at radius 1 is 1.03 bits per heavy atom. The van der Waals surface area contributed by atoms with Crippen LogP contribution >= 0.6 is 0 Å². The van der Waals surface area contributed by atoms with E-state index in [0.717, 1.165) is 22.6 Å². The average molecular weight is 531 g/mol. The molecule has 1 amide bonds. The van der Waals surface area contributed by atoms with Crippen molar-refractivity contribution in [3.63, 3.8) is 0 Å². The fourth-order valence-corrected chi connectivity index (χ4v) is 4.30. The predicted octanol–water partition coefficient (Wildman–Crippen LogP) is 2.93. The average Bonchev–Trinajstić information content (AvgIpc) is 3.48. The number of aliphatic hydroxyl groups excluding tert-OH is 2. The van der Waals surface area contributed by atoms with Gasteiger partial charge in [0.25, 0.3) is 0 Å². The number of carbonyl (C=O) groups is 1. The molecule has 11 nitrogen and oxygen atoms in total. The quantitative estimate of drug-likeness (QED) is 0.240. The lowest BCUT2D eigenvalue weighted by atomic mass is 10.1. The fourth-order valence-electron chi connectivity index (χ4n) is 4.30. The molecule has 2 aromatic carbocycles. The Hall–Kier alpha value is -4.32. The first-order valence-corrected chi connectivity index (χ1v) is 12.6. The maximum atomic E-state index is 11.9. The second kappa shape index (κ2) is 11.6. The number of ether oxygens (including phenoxy) is 2. The Balaban J connectivity index is 1.24. The largest absolute Gasteiger partial charge is 0.457 e. The predicted molar refractivity (Wildman–Crippen MR) is 144 cm³/mol. The molecule has 0 aliphatic carbocycles. The number of carbonyl (C=O) groups excluding carboxylic acids is 1. The number of hydrogen-bond donors (Lipinski definition) is 4. The van der Waals surface area contributed by atoms with E-state index >= 15 is 0 Å². The molecule has 1 saturated heterocycles. The Morgan fingerprint density at radius 3 is 2.51 bits per heavy atom. The molecular weight excluding hydrogens is 500 g/mol. The van der Waals surface area contributed by atoms with E-state index in [1.807, 2.05) is 68.4 Å². The second-order valence-electron chi connectivity index (χ2n) is 9.47. The van der Waals surface area contributed by atoms with Gasteiger partial charge in [0.05, 0.1) is 6.33 Å². The molecule has 4 aromatic rings. The third kappa shape index (κ3) is 6.06. The lowest BCUT2D eigenvalue weighted by Gasteiger charge is -2.16. The van der Waals surface area contributed by atoms with Gasteiger partial charge in [0.1, 0.15) is 36.1 Å². The summed E-state index contributed by atoms with van der Waals surface area (Å²) in [6.45, 7) is 4.15. The number of anilines is 1. The molecule has 0 bridgehead atoms. The van der Waals surface area contributed by atoms with Gasteiger partial charge in [-0.05, 0) is 43.7 Å². The van der Waals surface area contributed by atoms with Gasteiger partial charge in [0, 0.05) is 19.2 Å². The fraction of sp³-hybridized carbons (Fsp3) is 0.286. The molecule has 1 fully saturated rings. The molecule has 1 aliphatic heterocycles. The molecule has 11 heteroatoms. The summed E-state index contributed by atoms with van der Waals surface area (Å²) in [6.07, 6.45) is 0.167. The number of hydrogen-bond acceptors (Lipinski definition) is 9. The lowest BCUT2D eigenvalue weighted by Crippen LogP contribution is -2.39. The van der Waals surface area contributed by atoms with Crippen molar-refractivity contribution in [2.75, 3.05) is 11.9 Å². The van der Waals surface area contributed by atoms with Crippen LogP contribution in [0, 0.1) is 0 Å². The number of allylic oxidation sites excluding steroid dienone is 1. The van der Waals surface area contributed by atoms with Crippen LogP contribution in [0.15, 0.2) is 78.9 Å². The van der Waals surface area contributed by atoms with Gasteiger partial charge < -0.3 is 30.3 Å². The summed E-state index contributed by atoms with van der Waals surface area (Å²) in [5, 5.41) is 27.2. The molecule has 3 heterocycles. The molecule has 0 radical (unpaired) electrons. The highest BCUT2D eigenvalue weighted by Crippen LogP contribution is 2.32. The van der Waals surface area contributed by atoms with Gasteiger partial charge in [0.2, 0.25) is 5.91 Å². The van der Waals surface area contributed by atoms with Crippen LogP contribution < -0.4 is 15.4 Å². The van der Waals surface area contributed by atoms with Crippen LogP contribution in [0.3, 0.4) is 0 Å². The summed E-state index contributed by atoms with van der Waals surface area (Å²) in [6, 6.07) is 17.3. The minimum atomic E-state index is -1.24. The molecule has 39 heavy (non-hydrogen) atoms. The highest BCUT2D eigenvalue weighted by molar-refractivity contribution is 5.88. The van der Waals surface area contributed by atoms with Gasteiger partial charge in [-0.1, -0.05) is 35.9 Å². The number of imidazole rings is 1. The molecule has 0 unspecified atom stereocenters. The highest BCUT2D eigenvalue weighted by atomic mass is 16.6. The van der Waals surface area contributed by atoms with Gasteiger partial charge in [-0.15, -0.1) is 0 Å². The number of aliphatic hydroxyl groups is 2. The van der Waals surface area contributed by atoms with Gasteiger partial charge in [0.15, 0.2) is 23.2 Å². The number of amides is 1. The number of nitrogens with one attached hydrogen (secondary N) is 2. The van der Waals surface area contributed by atoms with Crippen molar-refractivity contribution < 1.29 is 24.5 Å². The smallest absolute Gasteiger partial charge is 0.244 e. The van der Waals surface area contributed by atoms with Crippen LogP contribution in [0.25, 0.3) is 11.2 Å². The van der Waals surface area contributed by atoms with Crippen molar-refractivity contribution in [2.24, 2.45) is 0 Å². The molecule has 4 atom stereocenters. The van der Waals surface area contributed by atoms with Crippen molar-refractivity contribution in [2.45, 2.75) is 44.9 Å². The van der Waals surface area contributed by atoms with Crippen molar-refractivity contribution >= 4 is 22.9 Å². The second-order valence-corrected chi connectivity index (χ2v) is 9.47. The van der Waals surface area contributed by atoms with Crippen LogP contribution in [0.4, 0.5) is 5.82 Å². The van der Waals surface area contributed by atoms with E-state index in [-0.39, 0.29) is 12.5 Å². The van der Waals surface area contributed by atoms with Crippen LogP contribution in [0.5, 0.6) is 11.5 Å². The number of nitrogens with zero attached hydrogens (tertiary/aromatic N) is 4. The number of aromatic nitrogens is 4. The third-order valence-corrected chi connectivity index (χ3v) is 6.23. The number of rotatable bonds is 9. The lowest BCUT2D eigenvalue weighted by molar-refractivity contribution is -0.117. The summed E-state index contributed by atoms with van der Waals surface area (Å²) in [7, 11) is 0. The first-order valence-electron chi connectivity index (χ1n) is 12.6. The van der Waals surface area contributed by atoms with E-state index in [1.54, 1.807) is 4.57 Å². The molecule has 5 rings (SSSR count). The van der Waals surface area contributed by atoms with E-state index in [2.05, 4.69) is 25.6 Å². The molecule has 0 spiro atoms. The first-order chi connectivity index (χ1) is 18.9. The summed E-state index contributed by atoms with van der Waals surface area (Å²) in [4.78, 5) is 25.0. The summed E-state index contributed by atoms with van der Waals surface area (Å²) in [5.41, 5.74) is 2.79. The van der Waals surface area contributed by atoms with Crippen LogP contribution in [0.2, 0.25) is 0 Å². The van der Waals surface area contributed by atoms with Crippen molar-refractivity contribution in [3.05, 3.63) is 84.5 Å².